The highest BCUT2D eigenvalue weighted by Crippen LogP contribution is 2.34. The van der Waals surface area contributed by atoms with E-state index >= 15 is 0 Å². The third kappa shape index (κ3) is 2.25. The summed E-state index contributed by atoms with van der Waals surface area (Å²) in [6.45, 7) is 2.25. The monoisotopic (exact) mass is 249 g/mol. The zero-order chi connectivity index (χ0) is 12.6. The van der Waals surface area contributed by atoms with E-state index in [0.717, 1.165) is 37.6 Å². The standard InChI is InChI=1S/C14H23N3O/c1-2-10-4-3-8-14(9-7-10)12(18)16-13(17-14)15-11-5-6-11/h10-11H,2-9H2,1H3,(H2,15,16,17,18). The van der Waals surface area contributed by atoms with Crippen LogP contribution in [0.5, 0.6) is 0 Å². The molecule has 0 aromatic heterocycles. The quantitative estimate of drug-likeness (QED) is 0.786. The Morgan fingerprint density at radius 1 is 1.28 bits per heavy atom. The first-order valence-corrected chi connectivity index (χ1v) is 7.39. The van der Waals surface area contributed by atoms with Crippen molar-refractivity contribution in [1.29, 1.82) is 0 Å². The summed E-state index contributed by atoms with van der Waals surface area (Å²) >= 11 is 0. The van der Waals surface area contributed by atoms with Crippen LogP contribution < -0.4 is 10.6 Å². The van der Waals surface area contributed by atoms with Crippen LogP contribution in [-0.2, 0) is 4.79 Å². The van der Waals surface area contributed by atoms with Gasteiger partial charge in [0.05, 0.1) is 6.04 Å². The second kappa shape index (κ2) is 4.56. The van der Waals surface area contributed by atoms with E-state index in [4.69, 9.17) is 0 Å². The molecule has 2 unspecified atom stereocenters. The summed E-state index contributed by atoms with van der Waals surface area (Å²) in [6, 6.07) is 0.456. The van der Waals surface area contributed by atoms with Gasteiger partial charge in [-0.25, -0.2) is 4.99 Å². The van der Waals surface area contributed by atoms with Crippen LogP contribution in [0.15, 0.2) is 4.99 Å². The van der Waals surface area contributed by atoms with Gasteiger partial charge in [-0.15, -0.1) is 0 Å². The SMILES string of the molecule is CCC1CCCC2(CC1)NC(=NC1CC1)NC2=O. The maximum atomic E-state index is 12.3. The molecule has 3 fully saturated rings. The summed E-state index contributed by atoms with van der Waals surface area (Å²) in [7, 11) is 0. The second-order valence-corrected chi connectivity index (χ2v) is 6.08. The number of amides is 1. The minimum Gasteiger partial charge on any atom is -0.342 e. The van der Waals surface area contributed by atoms with Crippen LogP contribution >= 0.6 is 0 Å². The molecule has 1 amide bonds. The predicted octanol–water partition coefficient (Wildman–Crippen LogP) is 1.95. The normalized spacial score (nSPS) is 38.6. The summed E-state index contributed by atoms with van der Waals surface area (Å²) < 4.78 is 0. The summed E-state index contributed by atoms with van der Waals surface area (Å²) in [6.07, 6.45) is 9.07. The van der Waals surface area contributed by atoms with Crippen LogP contribution in [0, 0.1) is 5.92 Å². The van der Waals surface area contributed by atoms with Crippen LogP contribution in [0.4, 0.5) is 0 Å². The van der Waals surface area contributed by atoms with E-state index in [1.165, 1.54) is 25.7 Å². The lowest BCUT2D eigenvalue weighted by Gasteiger charge is -2.24. The van der Waals surface area contributed by atoms with E-state index in [1.54, 1.807) is 0 Å². The van der Waals surface area contributed by atoms with Crippen LogP contribution in [-0.4, -0.2) is 23.4 Å². The van der Waals surface area contributed by atoms with Gasteiger partial charge in [0.15, 0.2) is 5.96 Å². The van der Waals surface area contributed by atoms with E-state index in [0.29, 0.717) is 6.04 Å². The summed E-state index contributed by atoms with van der Waals surface area (Å²) in [4.78, 5) is 16.8. The van der Waals surface area contributed by atoms with E-state index in [2.05, 4.69) is 22.5 Å². The number of nitrogens with one attached hydrogen (secondary N) is 2. The Morgan fingerprint density at radius 2 is 2.11 bits per heavy atom. The van der Waals surface area contributed by atoms with Crippen molar-refractivity contribution in [3.63, 3.8) is 0 Å². The fourth-order valence-electron chi connectivity index (χ4n) is 3.17. The van der Waals surface area contributed by atoms with Crippen molar-refractivity contribution in [2.45, 2.75) is 69.9 Å². The molecule has 1 spiro atoms. The van der Waals surface area contributed by atoms with Crippen LogP contribution in [0.1, 0.15) is 58.3 Å². The summed E-state index contributed by atoms with van der Waals surface area (Å²) in [5.41, 5.74) is -0.350. The van der Waals surface area contributed by atoms with Gasteiger partial charge >= 0.3 is 0 Å². The zero-order valence-corrected chi connectivity index (χ0v) is 11.2. The molecule has 1 aliphatic heterocycles. The van der Waals surface area contributed by atoms with E-state index in [9.17, 15) is 4.79 Å². The molecule has 2 aliphatic carbocycles. The van der Waals surface area contributed by atoms with Gasteiger partial charge in [0.25, 0.3) is 5.91 Å². The first kappa shape index (κ1) is 12.0. The Labute approximate surface area is 109 Å². The van der Waals surface area contributed by atoms with Crippen molar-refractivity contribution in [3.05, 3.63) is 0 Å². The molecular formula is C14H23N3O. The van der Waals surface area contributed by atoms with Gasteiger partial charge in [-0.05, 0) is 38.0 Å². The minimum atomic E-state index is -0.350. The van der Waals surface area contributed by atoms with Crippen molar-refractivity contribution < 1.29 is 4.79 Å². The third-order valence-corrected chi connectivity index (χ3v) is 4.66. The molecule has 2 saturated carbocycles. The lowest BCUT2D eigenvalue weighted by atomic mass is 9.89. The molecule has 0 aromatic carbocycles. The summed E-state index contributed by atoms with van der Waals surface area (Å²) in [5.74, 6) is 1.68. The van der Waals surface area contributed by atoms with Gasteiger partial charge in [-0.1, -0.05) is 26.2 Å². The van der Waals surface area contributed by atoms with Gasteiger partial charge in [-0.3, -0.25) is 10.1 Å². The molecule has 0 bridgehead atoms. The van der Waals surface area contributed by atoms with Gasteiger partial charge in [0.2, 0.25) is 0 Å². The van der Waals surface area contributed by atoms with Crippen molar-refractivity contribution in [3.8, 4) is 0 Å². The molecule has 4 heteroatoms. The molecule has 0 aromatic rings. The fourth-order valence-corrected chi connectivity index (χ4v) is 3.17. The maximum absolute atomic E-state index is 12.3. The number of carbonyl (C=O) groups excluding carboxylic acids is 1. The molecule has 18 heavy (non-hydrogen) atoms. The maximum Gasteiger partial charge on any atom is 0.252 e. The Bertz CT molecular complexity index is 375. The molecule has 0 radical (unpaired) electrons. The molecule has 2 atom stereocenters. The molecule has 100 valence electrons. The number of guanidine groups is 1. The van der Waals surface area contributed by atoms with Crippen molar-refractivity contribution >= 4 is 11.9 Å². The lowest BCUT2D eigenvalue weighted by molar-refractivity contribution is -0.124. The van der Waals surface area contributed by atoms with Crippen molar-refractivity contribution in [2.75, 3.05) is 0 Å². The first-order valence-electron chi connectivity index (χ1n) is 7.39. The minimum absolute atomic E-state index is 0.152. The number of carbonyl (C=O) groups is 1. The highest BCUT2D eigenvalue weighted by Gasteiger charge is 2.46. The topological polar surface area (TPSA) is 53.5 Å². The highest BCUT2D eigenvalue weighted by atomic mass is 16.2. The molecule has 3 rings (SSSR count). The summed E-state index contributed by atoms with van der Waals surface area (Å²) in [5, 5.41) is 6.35. The molecule has 1 heterocycles. The number of rotatable bonds is 2. The van der Waals surface area contributed by atoms with E-state index in [1.807, 2.05) is 0 Å². The van der Waals surface area contributed by atoms with Crippen LogP contribution in [0.25, 0.3) is 0 Å². The zero-order valence-electron chi connectivity index (χ0n) is 11.2. The Kier molecular flexibility index (Phi) is 3.04. The number of nitrogens with zero attached hydrogens (tertiary/aromatic N) is 1. The van der Waals surface area contributed by atoms with Gasteiger partial charge in [0, 0.05) is 0 Å². The largest absolute Gasteiger partial charge is 0.342 e. The van der Waals surface area contributed by atoms with Crippen molar-refractivity contribution in [1.82, 2.24) is 10.6 Å². The second-order valence-electron chi connectivity index (χ2n) is 6.08. The number of aliphatic imine (C=N–C) groups is 1. The molecule has 1 saturated heterocycles. The van der Waals surface area contributed by atoms with Gasteiger partial charge < -0.3 is 5.32 Å². The lowest BCUT2D eigenvalue weighted by Crippen LogP contribution is -2.46. The number of hydrogen-bond donors (Lipinski definition) is 2. The molecule has 3 aliphatic rings. The Morgan fingerprint density at radius 3 is 2.83 bits per heavy atom. The predicted molar refractivity (Wildman–Crippen MR) is 71.3 cm³/mol. The van der Waals surface area contributed by atoms with Crippen molar-refractivity contribution in [2.24, 2.45) is 10.9 Å². The molecular weight excluding hydrogens is 226 g/mol. The average molecular weight is 249 g/mol. The van der Waals surface area contributed by atoms with E-state index in [-0.39, 0.29) is 11.4 Å². The Balaban J connectivity index is 1.71. The van der Waals surface area contributed by atoms with E-state index < -0.39 is 0 Å². The molecule has 4 nitrogen and oxygen atoms in total. The van der Waals surface area contributed by atoms with Gasteiger partial charge in [-0.2, -0.15) is 0 Å². The Hall–Kier alpha value is -1.06. The van der Waals surface area contributed by atoms with Crippen LogP contribution in [0.3, 0.4) is 0 Å². The number of hydrogen-bond acceptors (Lipinski definition) is 2. The van der Waals surface area contributed by atoms with Gasteiger partial charge in [0.1, 0.15) is 5.54 Å². The molecule has 2 N–H and O–H groups in total. The average Bonchev–Trinajstić information content (AvgIpc) is 3.12. The fraction of sp³-hybridized carbons (Fsp3) is 0.857. The first-order chi connectivity index (χ1) is 8.72. The van der Waals surface area contributed by atoms with Crippen LogP contribution in [0.2, 0.25) is 0 Å². The highest BCUT2D eigenvalue weighted by molar-refractivity contribution is 6.09. The third-order valence-electron chi connectivity index (χ3n) is 4.66. The smallest absolute Gasteiger partial charge is 0.252 e.